The van der Waals surface area contributed by atoms with Gasteiger partial charge in [0.05, 0.1) is 44.1 Å². The van der Waals surface area contributed by atoms with E-state index in [2.05, 4.69) is 107 Å². The van der Waals surface area contributed by atoms with Crippen molar-refractivity contribution in [2.45, 2.75) is 58.0 Å². The normalized spacial score (nSPS) is 13.9. The second kappa shape index (κ2) is 24.0. The fourth-order valence-electron chi connectivity index (χ4n) is 10.8. The minimum atomic E-state index is -0.184. The molecule has 12 rings (SSSR count). The molecule has 0 atom stereocenters. The molecule has 2 saturated heterocycles. The smallest absolute Gasteiger partial charge is 0.270 e. The van der Waals surface area contributed by atoms with Crippen molar-refractivity contribution in [2.24, 2.45) is 0 Å². The molecular weight excluding hydrogens is 997 g/mol. The number of aromatic nitrogens is 8. The van der Waals surface area contributed by atoms with E-state index in [0.29, 0.717) is 48.2 Å². The minimum absolute atomic E-state index is 0.152. The third kappa shape index (κ3) is 12.3. The zero-order valence-electron chi connectivity index (χ0n) is 46.1. The summed E-state index contributed by atoms with van der Waals surface area (Å²) in [6.07, 6.45) is 14.2. The van der Waals surface area contributed by atoms with Gasteiger partial charge in [0.15, 0.2) is 0 Å². The maximum Gasteiger partial charge on any atom is 0.270 e. The lowest BCUT2D eigenvalue weighted by molar-refractivity contribution is -0.127. The Labute approximate surface area is 465 Å². The number of amides is 1. The van der Waals surface area contributed by atoms with Crippen LogP contribution in [0.15, 0.2) is 143 Å². The first kappa shape index (κ1) is 53.1. The lowest BCUT2D eigenvalue weighted by atomic mass is 10.1. The molecule has 0 radical (unpaired) electrons. The van der Waals surface area contributed by atoms with Gasteiger partial charge in [-0.25, -0.2) is 19.9 Å². The van der Waals surface area contributed by atoms with Crippen molar-refractivity contribution < 1.29 is 4.79 Å². The number of carbonyl (C=O) groups excluding carboxylic acids is 1. The molecule has 406 valence electrons. The highest BCUT2D eigenvalue weighted by Gasteiger charge is 2.21. The average Bonchev–Trinajstić information content (AvgIpc) is 4.48. The number of nitrogens with zero attached hydrogens (tertiary/aromatic N) is 10. The zero-order chi connectivity index (χ0) is 55.1. The number of aromatic amines is 2. The van der Waals surface area contributed by atoms with E-state index in [-0.39, 0.29) is 17.0 Å². The molecule has 0 aliphatic carbocycles. The van der Waals surface area contributed by atoms with Gasteiger partial charge in [0, 0.05) is 91.6 Å². The first-order valence-corrected chi connectivity index (χ1v) is 27.8. The summed E-state index contributed by atoms with van der Waals surface area (Å²) in [4.78, 5) is 72.1. The third-order valence-corrected chi connectivity index (χ3v) is 15.2. The van der Waals surface area contributed by atoms with Gasteiger partial charge in [-0.05, 0) is 122 Å². The van der Waals surface area contributed by atoms with Crippen LogP contribution in [-0.4, -0.2) is 116 Å². The van der Waals surface area contributed by atoms with Gasteiger partial charge in [-0.2, -0.15) is 0 Å². The van der Waals surface area contributed by atoms with Crippen LogP contribution in [0.4, 0.5) is 11.4 Å². The lowest BCUT2D eigenvalue weighted by Gasteiger charge is -2.16. The highest BCUT2D eigenvalue weighted by Crippen LogP contribution is 2.27. The number of nitrogens with one attached hydrogen (secondary N) is 2. The van der Waals surface area contributed by atoms with Crippen LogP contribution in [0.3, 0.4) is 0 Å². The zero-order valence-corrected chi connectivity index (χ0v) is 46.1. The standard InChI is InChI=1S/C33H34N6O2.C32H34N6O/c1-37(2)25-14-11-23(12-15-25)13-16-31-35-28-21-26-27(34-29(33(41)36-26)20-24-8-4-3-5-9-24)22-30(28)39(31)19-7-18-38-17-6-10-32(38)40;1-36(2)25-13-10-23(11-14-25)12-15-31-34-28-21-26-27(22-30(28)38(31)19-18-37-16-6-7-17-37)33-29(32(39)35-26)20-24-8-4-3-5-9-24/h3-5,8-9,11-16,21-22H,6-7,10,17-20H2,1-2H3,(H,36,41);3-5,8-15,21-22H,6-7,16-20H2,1-2H3,(H,35,39)/b16-13+;15-12+. The van der Waals surface area contributed by atoms with E-state index in [4.69, 9.17) is 19.9 Å². The number of H-pyrrole nitrogens is 2. The number of carbonyl (C=O) groups is 1. The molecule has 6 heterocycles. The number of anilines is 2. The van der Waals surface area contributed by atoms with Gasteiger partial charge in [-0.3, -0.25) is 14.4 Å². The number of likely N-dealkylation sites (tertiary alicyclic amines) is 2. The predicted molar refractivity (Wildman–Crippen MR) is 325 cm³/mol. The van der Waals surface area contributed by atoms with E-state index < -0.39 is 0 Å². The molecule has 6 aromatic carbocycles. The van der Waals surface area contributed by atoms with Crippen molar-refractivity contribution >= 4 is 85.7 Å². The fourth-order valence-corrected chi connectivity index (χ4v) is 10.8. The van der Waals surface area contributed by atoms with Crippen LogP contribution in [0.2, 0.25) is 0 Å². The van der Waals surface area contributed by atoms with Gasteiger partial charge in [-0.15, -0.1) is 0 Å². The van der Waals surface area contributed by atoms with Gasteiger partial charge in [0.2, 0.25) is 5.91 Å². The first-order valence-electron chi connectivity index (χ1n) is 27.8. The van der Waals surface area contributed by atoms with Gasteiger partial charge in [-0.1, -0.05) is 97.1 Å². The molecule has 10 aromatic rings. The Morgan fingerprint density at radius 3 is 1.41 bits per heavy atom. The summed E-state index contributed by atoms with van der Waals surface area (Å²) in [5, 5.41) is 0. The van der Waals surface area contributed by atoms with Crippen molar-refractivity contribution in [3.05, 3.63) is 199 Å². The van der Waals surface area contributed by atoms with E-state index >= 15 is 0 Å². The molecule has 1 amide bonds. The molecule has 2 aliphatic rings. The molecular formula is C65H68N12O3. The van der Waals surface area contributed by atoms with Crippen LogP contribution in [0.5, 0.6) is 0 Å². The highest BCUT2D eigenvalue weighted by molar-refractivity contribution is 5.94. The van der Waals surface area contributed by atoms with Crippen LogP contribution in [-0.2, 0) is 30.7 Å². The van der Waals surface area contributed by atoms with Gasteiger partial charge in [0.1, 0.15) is 23.0 Å². The molecule has 2 N–H and O–H groups in total. The van der Waals surface area contributed by atoms with E-state index in [0.717, 1.165) is 125 Å². The average molecular weight is 1070 g/mol. The number of rotatable bonds is 17. The Balaban J connectivity index is 0.000000169. The second-order valence-corrected chi connectivity index (χ2v) is 21.3. The molecule has 15 heteroatoms. The fraction of sp³-hybridized carbons (Fsp3) is 0.277. The van der Waals surface area contributed by atoms with E-state index in [1.165, 1.54) is 18.5 Å². The molecule has 0 spiro atoms. The molecule has 4 aromatic heterocycles. The third-order valence-electron chi connectivity index (χ3n) is 15.2. The first-order chi connectivity index (χ1) is 39.0. The molecule has 2 fully saturated rings. The molecule has 2 aliphatic heterocycles. The Morgan fingerprint density at radius 1 is 0.487 bits per heavy atom. The molecule has 15 nitrogen and oxygen atoms in total. The van der Waals surface area contributed by atoms with Gasteiger partial charge < -0.3 is 38.7 Å². The van der Waals surface area contributed by atoms with Crippen LogP contribution in [0.1, 0.15) is 77.4 Å². The number of benzene rings is 6. The van der Waals surface area contributed by atoms with E-state index in [1.54, 1.807) is 0 Å². The second-order valence-electron chi connectivity index (χ2n) is 21.3. The molecule has 0 bridgehead atoms. The summed E-state index contributed by atoms with van der Waals surface area (Å²) in [7, 11) is 8.15. The molecule has 0 unspecified atom stereocenters. The van der Waals surface area contributed by atoms with Crippen LogP contribution in [0.25, 0.3) is 68.4 Å². The largest absolute Gasteiger partial charge is 0.378 e. The van der Waals surface area contributed by atoms with E-state index in [9.17, 15) is 14.4 Å². The summed E-state index contributed by atoms with van der Waals surface area (Å²) >= 11 is 0. The maximum absolute atomic E-state index is 12.9. The summed E-state index contributed by atoms with van der Waals surface area (Å²) in [6.45, 7) is 6.43. The number of fused-ring (bicyclic) bond motifs is 4. The van der Waals surface area contributed by atoms with Crippen LogP contribution < -0.4 is 20.9 Å². The summed E-state index contributed by atoms with van der Waals surface area (Å²) in [5.41, 5.74) is 13.9. The highest BCUT2D eigenvalue weighted by atomic mass is 16.2. The Morgan fingerprint density at radius 2 is 0.963 bits per heavy atom. The van der Waals surface area contributed by atoms with Crippen LogP contribution in [0, 0.1) is 0 Å². The van der Waals surface area contributed by atoms with Gasteiger partial charge >= 0.3 is 0 Å². The van der Waals surface area contributed by atoms with Crippen molar-refractivity contribution in [1.29, 1.82) is 0 Å². The number of imidazole rings is 2. The topological polar surface area (TPSA) is 157 Å². The lowest BCUT2D eigenvalue weighted by Crippen LogP contribution is -2.26. The Kier molecular flexibility index (Phi) is 15.9. The monoisotopic (exact) mass is 1060 g/mol. The van der Waals surface area contributed by atoms with Crippen molar-refractivity contribution in [3.8, 4) is 0 Å². The molecule has 80 heavy (non-hydrogen) atoms. The van der Waals surface area contributed by atoms with Crippen molar-refractivity contribution in [1.82, 2.24) is 48.8 Å². The Bertz CT molecular complexity index is 3980. The SMILES string of the molecule is CN(C)c1ccc(/C=C/c2nc3cc4[nH]c(=O)c(Cc5ccccc5)nc4cc3n2CCCN2CCCC2=O)cc1.CN(C)c1ccc(/C=C/c2nc3cc4[nH]c(=O)c(Cc5ccccc5)nc4cc3n2CCN2CCCC2)cc1. The molecule has 0 saturated carbocycles. The van der Waals surface area contributed by atoms with E-state index in [1.807, 2.05) is 118 Å². The summed E-state index contributed by atoms with van der Waals surface area (Å²) in [6, 6.07) is 44.7. The summed E-state index contributed by atoms with van der Waals surface area (Å²) in [5.74, 6) is 1.97. The number of hydrogen-bond acceptors (Lipinski definition) is 10. The Hall–Kier alpha value is -8.95. The predicted octanol–water partition coefficient (Wildman–Crippen LogP) is 10.3. The van der Waals surface area contributed by atoms with Crippen LogP contribution >= 0.6 is 0 Å². The minimum Gasteiger partial charge on any atom is -0.378 e. The summed E-state index contributed by atoms with van der Waals surface area (Å²) < 4.78 is 4.49. The quantitative estimate of drug-likeness (QED) is 0.0900. The number of hydrogen-bond donors (Lipinski definition) is 2. The van der Waals surface area contributed by atoms with Crippen molar-refractivity contribution in [3.63, 3.8) is 0 Å². The van der Waals surface area contributed by atoms with Crippen molar-refractivity contribution in [2.75, 3.05) is 70.7 Å². The number of aryl methyl sites for hydroxylation is 1. The van der Waals surface area contributed by atoms with Gasteiger partial charge in [0.25, 0.3) is 11.1 Å². The maximum atomic E-state index is 12.9.